The van der Waals surface area contributed by atoms with Crippen molar-refractivity contribution >= 4 is 23.2 Å². The number of hydrogen-bond acceptors (Lipinski definition) is 4. The quantitative estimate of drug-likeness (QED) is 0.827. The molecule has 2 heterocycles. The van der Waals surface area contributed by atoms with E-state index in [1.807, 2.05) is 23.6 Å². The van der Waals surface area contributed by atoms with Gasteiger partial charge in [0.05, 0.1) is 11.4 Å². The summed E-state index contributed by atoms with van der Waals surface area (Å²) in [4.78, 5) is 28.8. The van der Waals surface area contributed by atoms with Gasteiger partial charge in [-0.1, -0.05) is 18.2 Å². The molecule has 0 saturated carbocycles. The Balaban J connectivity index is 1.40. The first-order valence-corrected chi connectivity index (χ1v) is 9.94. The summed E-state index contributed by atoms with van der Waals surface area (Å²) in [5, 5.41) is 4.88. The van der Waals surface area contributed by atoms with Crippen LogP contribution in [0.1, 0.15) is 28.1 Å². The highest BCUT2D eigenvalue weighted by Gasteiger charge is 2.22. The van der Waals surface area contributed by atoms with Crippen LogP contribution in [0.2, 0.25) is 0 Å². The Morgan fingerprint density at radius 1 is 1.22 bits per heavy atom. The first-order chi connectivity index (χ1) is 13.0. The molecule has 1 aliphatic heterocycles. The molecule has 1 aromatic carbocycles. The number of benzene rings is 1. The molecular formula is C20H24FN3O2S. The van der Waals surface area contributed by atoms with Crippen molar-refractivity contribution in [2.45, 2.75) is 25.4 Å². The standard InChI is InChI=1S/C20H24FN3O2S/c1-23(20(26)18-3-2-12-27-18)14-19(25)22-17-8-10-24(11-9-17)13-15-4-6-16(21)7-5-15/h2-7,12,17H,8-11,13-14H2,1H3,(H,22,25). The first-order valence-electron chi connectivity index (χ1n) is 9.06. The van der Waals surface area contributed by atoms with Gasteiger partial charge >= 0.3 is 0 Å². The minimum Gasteiger partial charge on any atom is -0.352 e. The van der Waals surface area contributed by atoms with Gasteiger partial charge in [-0.05, 0) is 42.0 Å². The molecular weight excluding hydrogens is 365 g/mol. The molecule has 0 atom stereocenters. The van der Waals surface area contributed by atoms with Gasteiger partial charge < -0.3 is 10.2 Å². The lowest BCUT2D eigenvalue weighted by Gasteiger charge is -2.32. The minimum absolute atomic E-state index is 0.0620. The minimum atomic E-state index is -0.220. The summed E-state index contributed by atoms with van der Waals surface area (Å²) < 4.78 is 13.0. The Morgan fingerprint density at radius 3 is 2.56 bits per heavy atom. The normalized spacial score (nSPS) is 15.5. The van der Waals surface area contributed by atoms with Crippen LogP contribution in [0.25, 0.3) is 0 Å². The van der Waals surface area contributed by atoms with Crippen molar-refractivity contribution < 1.29 is 14.0 Å². The van der Waals surface area contributed by atoms with Crippen LogP contribution in [0.5, 0.6) is 0 Å². The van der Waals surface area contributed by atoms with Crippen LogP contribution < -0.4 is 5.32 Å². The van der Waals surface area contributed by atoms with Crippen LogP contribution in [0, 0.1) is 5.82 Å². The zero-order valence-corrected chi connectivity index (χ0v) is 16.2. The lowest BCUT2D eigenvalue weighted by molar-refractivity contribution is -0.122. The second kappa shape index (κ2) is 9.10. The zero-order valence-electron chi connectivity index (χ0n) is 15.4. The van der Waals surface area contributed by atoms with Gasteiger partial charge in [-0.15, -0.1) is 11.3 Å². The molecule has 1 saturated heterocycles. The number of rotatable bonds is 6. The summed E-state index contributed by atoms with van der Waals surface area (Å²) in [5.41, 5.74) is 1.09. The number of piperidine rings is 1. The Labute approximate surface area is 162 Å². The fraction of sp³-hybridized carbons (Fsp3) is 0.400. The molecule has 0 spiro atoms. The van der Waals surface area contributed by atoms with E-state index in [0.29, 0.717) is 4.88 Å². The SMILES string of the molecule is CN(CC(=O)NC1CCN(Cc2ccc(F)cc2)CC1)C(=O)c1cccs1. The summed E-state index contributed by atoms with van der Waals surface area (Å²) in [5.74, 6) is -0.476. The lowest BCUT2D eigenvalue weighted by atomic mass is 10.0. The van der Waals surface area contributed by atoms with Crippen molar-refractivity contribution in [1.82, 2.24) is 15.1 Å². The van der Waals surface area contributed by atoms with Gasteiger partial charge in [-0.3, -0.25) is 14.5 Å². The maximum atomic E-state index is 13.0. The molecule has 27 heavy (non-hydrogen) atoms. The fourth-order valence-corrected chi connectivity index (χ4v) is 3.95. The highest BCUT2D eigenvalue weighted by atomic mass is 32.1. The number of likely N-dealkylation sites (tertiary alicyclic amines) is 1. The van der Waals surface area contributed by atoms with Crippen LogP contribution >= 0.6 is 11.3 Å². The van der Waals surface area contributed by atoms with Crippen LogP contribution in [0.3, 0.4) is 0 Å². The van der Waals surface area contributed by atoms with Crippen molar-refractivity contribution in [2.75, 3.05) is 26.7 Å². The van der Waals surface area contributed by atoms with Crippen LogP contribution in [-0.2, 0) is 11.3 Å². The van der Waals surface area contributed by atoms with Gasteiger partial charge in [0.1, 0.15) is 5.82 Å². The van der Waals surface area contributed by atoms with Crippen molar-refractivity contribution in [3.63, 3.8) is 0 Å². The maximum Gasteiger partial charge on any atom is 0.264 e. The summed E-state index contributed by atoms with van der Waals surface area (Å²) in [6.45, 7) is 2.62. The third kappa shape index (κ3) is 5.61. The molecule has 0 aliphatic carbocycles. The van der Waals surface area contributed by atoms with Gasteiger partial charge in [-0.2, -0.15) is 0 Å². The number of halogens is 1. The lowest BCUT2D eigenvalue weighted by Crippen LogP contribution is -2.47. The molecule has 144 valence electrons. The number of thiophene rings is 1. The van der Waals surface area contributed by atoms with Gasteiger partial charge in [0, 0.05) is 32.7 Å². The average Bonchev–Trinajstić information content (AvgIpc) is 3.19. The van der Waals surface area contributed by atoms with E-state index in [2.05, 4.69) is 10.2 Å². The Hall–Kier alpha value is -2.25. The monoisotopic (exact) mass is 389 g/mol. The van der Waals surface area contributed by atoms with Crippen LogP contribution in [0.4, 0.5) is 4.39 Å². The summed E-state index contributed by atoms with van der Waals surface area (Å²) in [7, 11) is 1.65. The Kier molecular flexibility index (Phi) is 6.58. The van der Waals surface area contributed by atoms with Gasteiger partial charge in [0.25, 0.3) is 5.91 Å². The smallest absolute Gasteiger partial charge is 0.264 e. The second-order valence-electron chi connectivity index (χ2n) is 6.88. The first kappa shape index (κ1) is 19.5. The predicted molar refractivity (Wildman–Crippen MR) is 104 cm³/mol. The number of amides is 2. The zero-order chi connectivity index (χ0) is 19.2. The molecule has 1 aromatic heterocycles. The topological polar surface area (TPSA) is 52.7 Å². The summed E-state index contributed by atoms with van der Waals surface area (Å²) in [6.07, 6.45) is 1.74. The Morgan fingerprint density at radius 2 is 1.93 bits per heavy atom. The molecule has 2 amide bonds. The summed E-state index contributed by atoms with van der Waals surface area (Å²) >= 11 is 1.37. The average molecular weight is 389 g/mol. The van der Waals surface area contributed by atoms with E-state index in [9.17, 15) is 14.0 Å². The number of carbonyl (C=O) groups is 2. The van der Waals surface area contributed by atoms with Gasteiger partial charge in [0.15, 0.2) is 0 Å². The fourth-order valence-electron chi connectivity index (χ4n) is 3.23. The van der Waals surface area contributed by atoms with Gasteiger partial charge in [-0.25, -0.2) is 4.39 Å². The Bertz CT molecular complexity index is 756. The number of nitrogens with zero attached hydrogens (tertiary/aromatic N) is 2. The van der Waals surface area contributed by atoms with Crippen molar-refractivity contribution in [3.05, 3.63) is 58.0 Å². The van der Waals surface area contributed by atoms with Crippen LogP contribution in [-0.4, -0.2) is 54.3 Å². The van der Waals surface area contributed by atoms with Crippen molar-refractivity contribution in [1.29, 1.82) is 0 Å². The van der Waals surface area contributed by atoms with E-state index < -0.39 is 0 Å². The molecule has 5 nitrogen and oxygen atoms in total. The van der Waals surface area contributed by atoms with Crippen LogP contribution in [0.15, 0.2) is 41.8 Å². The molecule has 1 fully saturated rings. The number of carbonyl (C=O) groups excluding carboxylic acids is 2. The van der Waals surface area contributed by atoms with Crippen molar-refractivity contribution in [2.24, 2.45) is 0 Å². The van der Waals surface area contributed by atoms with Crippen molar-refractivity contribution in [3.8, 4) is 0 Å². The third-order valence-electron chi connectivity index (χ3n) is 4.73. The molecule has 2 aromatic rings. The maximum absolute atomic E-state index is 13.0. The largest absolute Gasteiger partial charge is 0.352 e. The summed E-state index contributed by atoms with van der Waals surface area (Å²) in [6, 6.07) is 10.3. The number of hydrogen-bond donors (Lipinski definition) is 1. The van der Waals surface area contributed by atoms with Gasteiger partial charge in [0.2, 0.25) is 5.91 Å². The second-order valence-corrected chi connectivity index (χ2v) is 7.83. The van der Waals surface area contributed by atoms with E-state index >= 15 is 0 Å². The van der Waals surface area contributed by atoms with E-state index in [1.165, 1.54) is 28.4 Å². The third-order valence-corrected chi connectivity index (χ3v) is 5.59. The molecule has 1 N–H and O–H groups in total. The number of likely N-dealkylation sites (N-methyl/N-ethyl adjacent to an activating group) is 1. The van der Waals surface area contributed by atoms with E-state index in [-0.39, 0.29) is 30.2 Å². The molecule has 0 bridgehead atoms. The molecule has 3 rings (SSSR count). The predicted octanol–water partition coefficient (Wildman–Crippen LogP) is 2.74. The molecule has 0 radical (unpaired) electrons. The molecule has 1 aliphatic rings. The van der Waals surface area contributed by atoms with E-state index in [1.54, 1.807) is 13.1 Å². The van der Waals surface area contributed by atoms with E-state index in [4.69, 9.17) is 0 Å². The highest BCUT2D eigenvalue weighted by Crippen LogP contribution is 2.15. The van der Waals surface area contributed by atoms with E-state index in [0.717, 1.165) is 38.0 Å². The molecule has 0 unspecified atom stereocenters. The molecule has 7 heteroatoms. The number of nitrogens with one attached hydrogen (secondary N) is 1. The highest BCUT2D eigenvalue weighted by molar-refractivity contribution is 7.12.